The SMILES string of the molecule is CCc1cc(C(=O)N2CCC(C(O)c3ccccc3C)CC2)ccc1O. The number of phenols is 1. The summed E-state index contributed by atoms with van der Waals surface area (Å²) in [5, 5.41) is 20.5. The molecule has 1 heterocycles. The Morgan fingerprint density at radius 3 is 2.54 bits per heavy atom. The first kappa shape index (κ1) is 18.5. The number of likely N-dealkylation sites (tertiary alicyclic amines) is 1. The van der Waals surface area contributed by atoms with Crippen LogP contribution in [0.2, 0.25) is 0 Å². The zero-order chi connectivity index (χ0) is 18.7. The number of hydrogen-bond acceptors (Lipinski definition) is 3. The summed E-state index contributed by atoms with van der Waals surface area (Å²) in [6.45, 7) is 5.28. The molecule has 0 radical (unpaired) electrons. The van der Waals surface area contributed by atoms with Crippen molar-refractivity contribution in [2.75, 3.05) is 13.1 Å². The normalized spacial score (nSPS) is 16.5. The van der Waals surface area contributed by atoms with Crippen LogP contribution in [-0.2, 0) is 6.42 Å². The minimum Gasteiger partial charge on any atom is -0.508 e. The number of hydrogen-bond donors (Lipinski definition) is 2. The number of aryl methyl sites for hydroxylation is 2. The first-order valence-electron chi connectivity index (χ1n) is 9.36. The third-order valence-corrected chi connectivity index (χ3v) is 5.49. The molecule has 0 saturated carbocycles. The standard InChI is InChI=1S/C22H27NO3/c1-3-16-14-18(8-9-20(16)24)22(26)23-12-10-17(11-13-23)21(25)19-7-5-4-6-15(19)2/h4-9,14,17,21,24-25H,3,10-13H2,1-2H3. The highest BCUT2D eigenvalue weighted by atomic mass is 16.3. The molecular formula is C22H27NO3. The van der Waals surface area contributed by atoms with Crippen LogP contribution in [0.15, 0.2) is 42.5 Å². The second-order valence-corrected chi connectivity index (χ2v) is 7.13. The molecule has 2 N–H and O–H groups in total. The van der Waals surface area contributed by atoms with Gasteiger partial charge in [0, 0.05) is 18.7 Å². The van der Waals surface area contributed by atoms with E-state index >= 15 is 0 Å². The van der Waals surface area contributed by atoms with Gasteiger partial charge in [-0.15, -0.1) is 0 Å². The minimum absolute atomic E-state index is 0.00327. The van der Waals surface area contributed by atoms with Crippen LogP contribution in [0.4, 0.5) is 0 Å². The lowest BCUT2D eigenvalue weighted by molar-refractivity contribution is 0.0460. The second-order valence-electron chi connectivity index (χ2n) is 7.13. The van der Waals surface area contributed by atoms with Gasteiger partial charge in [0.25, 0.3) is 5.91 Å². The van der Waals surface area contributed by atoms with E-state index in [1.807, 2.05) is 43.0 Å². The smallest absolute Gasteiger partial charge is 0.253 e. The van der Waals surface area contributed by atoms with Gasteiger partial charge in [0.2, 0.25) is 0 Å². The second kappa shape index (κ2) is 7.92. The molecule has 3 rings (SSSR count). The van der Waals surface area contributed by atoms with Crippen molar-refractivity contribution in [2.24, 2.45) is 5.92 Å². The number of piperidine rings is 1. The van der Waals surface area contributed by atoms with E-state index < -0.39 is 6.10 Å². The van der Waals surface area contributed by atoms with Crippen LogP contribution in [0.25, 0.3) is 0 Å². The van der Waals surface area contributed by atoms with Gasteiger partial charge in [0.15, 0.2) is 0 Å². The monoisotopic (exact) mass is 353 g/mol. The molecule has 4 nitrogen and oxygen atoms in total. The third kappa shape index (κ3) is 3.75. The van der Waals surface area contributed by atoms with Crippen molar-refractivity contribution in [3.8, 4) is 5.75 Å². The van der Waals surface area contributed by atoms with Crippen LogP contribution < -0.4 is 0 Å². The van der Waals surface area contributed by atoms with E-state index in [2.05, 4.69) is 0 Å². The van der Waals surface area contributed by atoms with Crippen LogP contribution >= 0.6 is 0 Å². The lowest BCUT2D eigenvalue weighted by atomic mass is 9.86. The molecule has 1 fully saturated rings. The topological polar surface area (TPSA) is 60.8 Å². The summed E-state index contributed by atoms with van der Waals surface area (Å²) in [4.78, 5) is 14.6. The van der Waals surface area contributed by atoms with E-state index in [0.29, 0.717) is 25.1 Å². The fourth-order valence-corrected chi connectivity index (χ4v) is 3.78. The predicted octanol–water partition coefficient (Wildman–Crippen LogP) is 3.85. The number of aliphatic hydroxyl groups excluding tert-OH is 1. The molecular weight excluding hydrogens is 326 g/mol. The summed E-state index contributed by atoms with van der Waals surface area (Å²) in [5.74, 6) is 0.416. The van der Waals surface area contributed by atoms with Gasteiger partial charge < -0.3 is 15.1 Å². The van der Waals surface area contributed by atoms with Crippen molar-refractivity contribution >= 4 is 5.91 Å². The van der Waals surface area contributed by atoms with Gasteiger partial charge in [0.1, 0.15) is 5.75 Å². The number of carbonyl (C=O) groups excluding carboxylic acids is 1. The molecule has 1 saturated heterocycles. The van der Waals surface area contributed by atoms with E-state index in [9.17, 15) is 15.0 Å². The number of benzene rings is 2. The van der Waals surface area contributed by atoms with Gasteiger partial charge >= 0.3 is 0 Å². The summed E-state index contributed by atoms with van der Waals surface area (Å²) in [6.07, 6.45) is 1.80. The third-order valence-electron chi connectivity index (χ3n) is 5.49. The van der Waals surface area contributed by atoms with Crippen molar-refractivity contribution in [3.05, 3.63) is 64.7 Å². The number of aromatic hydroxyl groups is 1. The lowest BCUT2D eigenvalue weighted by Gasteiger charge is -2.35. The van der Waals surface area contributed by atoms with Gasteiger partial charge in [-0.05, 0) is 67.0 Å². The number of nitrogens with zero attached hydrogens (tertiary/aromatic N) is 1. The Balaban J connectivity index is 1.65. The average Bonchev–Trinajstić information content (AvgIpc) is 2.68. The fourth-order valence-electron chi connectivity index (χ4n) is 3.78. The molecule has 1 aliphatic heterocycles. The van der Waals surface area contributed by atoms with Crippen LogP contribution in [0.1, 0.15) is 52.9 Å². The molecule has 1 amide bonds. The van der Waals surface area contributed by atoms with E-state index in [-0.39, 0.29) is 17.6 Å². The largest absolute Gasteiger partial charge is 0.508 e. The number of amides is 1. The van der Waals surface area contributed by atoms with Crippen molar-refractivity contribution in [2.45, 2.75) is 39.2 Å². The Bertz CT molecular complexity index is 779. The fraction of sp³-hybridized carbons (Fsp3) is 0.409. The van der Waals surface area contributed by atoms with Crippen molar-refractivity contribution in [1.82, 2.24) is 4.90 Å². The number of carbonyl (C=O) groups is 1. The molecule has 0 aromatic heterocycles. The van der Waals surface area contributed by atoms with E-state index in [4.69, 9.17) is 0 Å². The molecule has 0 spiro atoms. The Hall–Kier alpha value is -2.33. The number of rotatable bonds is 4. The van der Waals surface area contributed by atoms with Crippen molar-refractivity contribution < 1.29 is 15.0 Å². The Morgan fingerprint density at radius 2 is 1.88 bits per heavy atom. The van der Waals surface area contributed by atoms with Crippen LogP contribution in [0, 0.1) is 12.8 Å². The number of aliphatic hydroxyl groups is 1. The lowest BCUT2D eigenvalue weighted by Crippen LogP contribution is -2.39. The summed E-state index contributed by atoms with van der Waals surface area (Å²) < 4.78 is 0. The maximum atomic E-state index is 12.8. The summed E-state index contributed by atoms with van der Waals surface area (Å²) >= 11 is 0. The van der Waals surface area contributed by atoms with Crippen molar-refractivity contribution in [1.29, 1.82) is 0 Å². The zero-order valence-corrected chi connectivity index (χ0v) is 15.5. The molecule has 0 bridgehead atoms. The molecule has 138 valence electrons. The molecule has 1 aliphatic rings. The summed E-state index contributed by atoms with van der Waals surface area (Å²) in [5.41, 5.74) is 3.51. The minimum atomic E-state index is -0.478. The molecule has 26 heavy (non-hydrogen) atoms. The summed E-state index contributed by atoms with van der Waals surface area (Å²) in [6, 6.07) is 13.0. The quantitative estimate of drug-likeness (QED) is 0.878. The Labute approximate surface area is 155 Å². The molecule has 0 aliphatic carbocycles. The number of phenolic OH excluding ortho intramolecular Hbond substituents is 1. The zero-order valence-electron chi connectivity index (χ0n) is 15.5. The molecule has 1 atom stereocenters. The van der Waals surface area contributed by atoms with Gasteiger partial charge in [-0.3, -0.25) is 4.79 Å². The molecule has 2 aromatic rings. The molecule has 1 unspecified atom stereocenters. The first-order valence-corrected chi connectivity index (χ1v) is 9.36. The highest BCUT2D eigenvalue weighted by Crippen LogP contribution is 2.32. The first-order chi connectivity index (χ1) is 12.5. The van der Waals surface area contributed by atoms with Gasteiger partial charge in [0.05, 0.1) is 6.10 Å². The Kier molecular flexibility index (Phi) is 5.62. The highest BCUT2D eigenvalue weighted by molar-refractivity contribution is 5.94. The average molecular weight is 353 g/mol. The van der Waals surface area contributed by atoms with Crippen LogP contribution in [0.5, 0.6) is 5.75 Å². The van der Waals surface area contributed by atoms with E-state index in [0.717, 1.165) is 29.5 Å². The van der Waals surface area contributed by atoms with Crippen LogP contribution in [-0.4, -0.2) is 34.1 Å². The maximum Gasteiger partial charge on any atom is 0.253 e. The maximum absolute atomic E-state index is 12.8. The van der Waals surface area contributed by atoms with E-state index in [1.54, 1.807) is 18.2 Å². The highest BCUT2D eigenvalue weighted by Gasteiger charge is 2.29. The van der Waals surface area contributed by atoms with Gasteiger partial charge in [-0.2, -0.15) is 0 Å². The van der Waals surface area contributed by atoms with Gasteiger partial charge in [-0.1, -0.05) is 31.2 Å². The molecule has 4 heteroatoms. The van der Waals surface area contributed by atoms with E-state index in [1.165, 1.54) is 0 Å². The van der Waals surface area contributed by atoms with Gasteiger partial charge in [-0.25, -0.2) is 0 Å². The summed E-state index contributed by atoms with van der Waals surface area (Å²) in [7, 11) is 0. The molecule has 2 aromatic carbocycles. The van der Waals surface area contributed by atoms with Crippen molar-refractivity contribution in [3.63, 3.8) is 0 Å². The Morgan fingerprint density at radius 1 is 1.19 bits per heavy atom. The van der Waals surface area contributed by atoms with Crippen LogP contribution in [0.3, 0.4) is 0 Å². The predicted molar refractivity (Wildman–Crippen MR) is 102 cm³/mol.